The number of aliphatic hydroxyl groups excluding tert-OH is 1. The molecule has 1 aliphatic heterocycles. The summed E-state index contributed by atoms with van der Waals surface area (Å²) in [7, 11) is 0. The number of likely N-dealkylation sites (tertiary alicyclic amines) is 1. The van der Waals surface area contributed by atoms with Crippen molar-refractivity contribution in [2.24, 2.45) is 0 Å². The van der Waals surface area contributed by atoms with E-state index < -0.39 is 18.1 Å². The topological polar surface area (TPSA) is 77.2 Å². The molecule has 1 amide bonds. The zero-order valence-corrected chi connectivity index (χ0v) is 10.5. The van der Waals surface area contributed by atoms with Gasteiger partial charge in [0.15, 0.2) is 0 Å². The molecule has 100 valence electrons. The number of hydrogen-bond donors (Lipinski definition) is 1. The van der Waals surface area contributed by atoms with Gasteiger partial charge in [0.2, 0.25) is 0 Å². The number of rotatable bonds is 2. The third-order valence-corrected chi connectivity index (χ3v) is 3.26. The number of hydrogen-bond acceptors (Lipinski definition) is 4. The zero-order valence-electron chi connectivity index (χ0n) is 10.5. The van der Waals surface area contributed by atoms with E-state index in [1.54, 1.807) is 6.92 Å². The van der Waals surface area contributed by atoms with Crippen LogP contribution in [0.4, 0.5) is 4.39 Å². The molecular weight excluding hydrogens is 249 g/mol. The molecule has 0 saturated carbocycles. The second-order valence-electron chi connectivity index (χ2n) is 4.57. The van der Waals surface area contributed by atoms with Crippen LogP contribution in [0, 0.1) is 18.3 Å². The Morgan fingerprint density at radius 1 is 1.68 bits per heavy atom. The standard InChI is InChI=1S/C13H14FN3O2/c1-8-9(5-15)2-3-12(16-8)13(19)17-6-10(14)4-11(17)7-18/h2-3,10-11,18H,4,6-7H2,1H3/t10-,11-/m0/s1. The molecule has 0 spiro atoms. The molecular formula is C13H14FN3O2. The van der Waals surface area contributed by atoms with Crippen LogP contribution in [0.5, 0.6) is 0 Å². The van der Waals surface area contributed by atoms with Gasteiger partial charge in [0.05, 0.1) is 30.5 Å². The highest BCUT2D eigenvalue weighted by Crippen LogP contribution is 2.22. The third-order valence-electron chi connectivity index (χ3n) is 3.26. The van der Waals surface area contributed by atoms with Crippen LogP contribution in [-0.4, -0.2) is 46.3 Å². The van der Waals surface area contributed by atoms with E-state index >= 15 is 0 Å². The van der Waals surface area contributed by atoms with Crippen molar-refractivity contribution in [1.82, 2.24) is 9.88 Å². The Labute approximate surface area is 110 Å². The van der Waals surface area contributed by atoms with Gasteiger partial charge < -0.3 is 10.0 Å². The molecule has 1 fully saturated rings. The van der Waals surface area contributed by atoms with Crippen LogP contribution < -0.4 is 0 Å². The van der Waals surface area contributed by atoms with E-state index in [0.717, 1.165) is 0 Å². The van der Waals surface area contributed by atoms with Crippen LogP contribution >= 0.6 is 0 Å². The number of pyridine rings is 1. The smallest absolute Gasteiger partial charge is 0.272 e. The van der Waals surface area contributed by atoms with Gasteiger partial charge in [0.25, 0.3) is 5.91 Å². The summed E-state index contributed by atoms with van der Waals surface area (Å²) in [5, 5.41) is 18.0. The first kappa shape index (κ1) is 13.4. The number of aliphatic hydroxyl groups is 1. The molecule has 2 heterocycles. The molecule has 1 N–H and O–H groups in total. The fourth-order valence-corrected chi connectivity index (χ4v) is 2.23. The van der Waals surface area contributed by atoms with E-state index in [1.165, 1.54) is 17.0 Å². The van der Waals surface area contributed by atoms with Crippen LogP contribution in [0.3, 0.4) is 0 Å². The maximum Gasteiger partial charge on any atom is 0.272 e. The predicted molar refractivity (Wildman–Crippen MR) is 65.1 cm³/mol. The van der Waals surface area contributed by atoms with E-state index in [4.69, 9.17) is 10.4 Å². The largest absolute Gasteiger partial charge is 0.394 e. The van der Waals surface area contributed by atoms with Crippen molar-refractivity contribution in [3.63, 3.8) is 0 Å². The van der Waals surface area contributed by atoms with Gasteiger partial charge in [-0.2, -0.15) is 5.26 Å². The van der Waals surface area contributed by atoms with Crippen molar-refractivity contribution in [2.75, 3.05) is 13.2 Å². The summed E-state index contributed by atoms with van der Waals surface area (Å²) in [6.07, 6.45) is -0.960. The molecule has 0 unspecified atom stereocenters. The first-order chi connectivity index (χ1) is 9.06. The lowest BCUT2D eigenvalue weighted by atomic mass is 10.2. The molecule has 1 aromatic heterocycles. The maximum absolute atomic E-state index is 13.3. The second-order valence-corrected chi connectivity index (χ2v) is 4.57. The minimum atomic E-state index is -1.11. The molecule has 2 atom stereocenters. The summed E-state index contributed by atoms with van der Waals surface area (Å²) < 4.78 is 13.3. The number of alkyl halides is 1. The molecule has 0 radical (unpaired) electrons. The lowest BCUT2D eigenvalue weighted by Gasteiger charge is -2.22. The van der Waals surface area contributed by atoms with Crippen LogP contribution in [0.2, 0.25) is 0 Å². The summed E-state index contributed by atoms with van der Waals surface area (Å²) in [5.41, 5.74) is 1.04. The van der Waals surface area contributed by atoms with Crippen LogP contribution in [0.15, 0.2) is 12.1 Å². The van der Waals surface area contributed by atoms with E-state index in [2.05, 4.69) is 4.98 Å². The monoisotopic (exact) mass is 263 g/mol. The first-order valence-electron chi connectivity index (χ1n) is 6.00. The lowest BCUT2D eigenvalue weighted by molar-refractivity contribution is 0.0667. The summed E-state index contributed by atoms with van der Waals surface area (Å²) in [4.78, 5) is 17.6. The van der Waals surface area contributed by atoms with Crippen molar-refractivity contribution in [2.45, 2.75) is 25.6 Å². The second kappa shape index (κ2) is 5.33. The van der Waals surface area contributed by atoms with Crippen LogP contribution in [0.1, 0.15) is 28.2 Å². The molecule has 1 aromatic rings. The van der Waals surface area contributed by atoms with Gasteiger partial charge in [0.1, 0.15) is 17.9 Å². The van der Waals surface area contributed by atoms with Crippen molar-refractivity contribution in [3.05, 3.63) is 29.1 Å². The predicted octanol–water partition coefficient (Wildman–Crippen LogP) is 0.807. The normalized spacial score (nSPS) is 22.3. The average molecular weight is 263 g/mol. The minimum absolute atomic E-state index is 0.0230. The van der Waals surface area contributed by atoms with Gasteiger partial charge in [-0.05, 0) is 19.1 Å². The maximum atomic E-state index is 13.3. The van der Waals surface area contributed by atoms with E-state index in [1.807, 2.05) is 6.07 Å². The van der Waals surface area contributed by atoms with Crippen molar-refractivity contribution in [1.29, 1.82) is 5.26 Å². The van der Waals surface area contributed by atoms with Gasteiger partial charge in [0, 0.05) is 6.42 Å². The number of aromatic nitrogens is 1. The third kappa shape index (κ3) is 2.56. The summed E-state index contributed by atoms with van der Waals surface area (Å²) in [6.45, 7) is 1.35. The van der Waals surface area contributed by atoms with Gasteiger partial charge in [-0.25, -0.2) is 9.37 Å². The molecule has 0 aromatic carbocycles. The highest BCUT2D eigenvalue weighted by atomic mass is 19.1. The molecule has 0 aliphatic carbocycles. The number of amides is 1. The number of nitriles is 1. The fourth-order valence-electron chi connectivity index (χ4n) is 2.23. The highest BCUT2D eigenvalue weighted by molar-refractivity contribution is 5.93. The van der Waals surface area contributed by atoms with Crippen molar-refractivity contribution < 1.29 is 14.3 Å². The Bertz CT molecular complexity index is 541. The fraction of sp³-hybridized carbons (Fsp3) is 0.462. The Morgan fingerprint density at radius 3 is 3.00 bits per heavy atom. The van der Waals surface area contributed by atoms with Gasteiger partial charge in [-0.3, -0.25) is 4.79 Å². The van der Waals surface area contributed by atoms with Gasteiger partial charge in [-0.1, -0.05) is 0 Å². The minimum Gasteiger partial charge on any atom is -0.394 e. The number of nitrogens with zero attached hydrogens (tertiary/aromatic N) is 3. The zero-order chi connectivity index (χ0) is 14.0. The Hall–Kier alpha value is -2.00. The number of aryl methyl sites for hydroxylation is 1. The number of halogens is 1. The number of carbonyl (C=O) groups is 1. The van der Waals surface area contributed by atoms with Gasteiger partial charge >= 0.3 is 0 Å². The van der Waals surface area contributed by atoms with E-state index in [9.17, 15) is 9.18 Å². The molecule has 6 heteroatoms. The molecule has 1 saturated heterocycles. The molecule has 0 bridgehead atoms. The first-order valence-corrected chi connectivity index (χ1v) is 6.00. The van der Waals surface area contributed by atoms with Crippen molar-refractivity contribution in [3.8, 4) is 6.07 Å². The highest BCUT2D eigenvalue weighted by Gasteiger charge is 2.35. The van der Waals surface area contributed by atoms with E-state index in [0.29, 0.717) is 11.3 Å². The Balaban J connectivity index is 2.25. The Kier molecular flexibility index (Phi) is 3.76. The SMILES string of the molecule is Cc1nc(C(=O)N2C[C@@H](F)C[C@H]2CO)ccc1C#N. The number of carbonyl (C=O) groups excluding carboxylic acids is 1. The average Bonchev–Trinajstić information content (AvgIpc) is 2.79. The van der Waals surface area contributed by atoms with Crippen LogP contribution in [-0.2, 0) is 0 Å². The molecule has 5 nitrogen and oxygen atoms in total. The summed E-state index contributed by atoms with van der Waals surface area (Å²) in [6, 6.07) is 4.44. The molecule has 19 heavy (non-hydrogen) atoms. The van der Waals surface area contributed by atoms with E-state index in [-0.39, 0.29) is 25.3 Å². The summed E-state index contributed by atoms with van der Waals surface area (Å²) >= 11 is 0. The van der Waals surface area contributed by atoms with Gasteiger partial charge in [-0.15, -0.1) is 0 Å². The molecule has 1 aliphatic rings. The van der Waals surface area contributed by atoms with Crippen molar-refractivity contribution >= 4 is 5.91 Å². The van der Waals surface area contributed by atoms with Crippen LogP contribution in [0.25, 0.3) is 0 Å². The summed E-state index contributed by atoms with van der Waals surface area (Å²) in [5.74, 6) is -0.410. The quantitative estimate of drug-likeness (QED) is 0.856. The lowest BCUT2D eigenvalue weighted by Crippen LogP contribution is -2.38. The molecule has 2 rings (SSSR count). The Morgan fingerprint density at radius 2 is 2.42 bits per heavy atom.